The first-order chi connectivity index (χ1) is 15.6. The van der Waals surface area contributed by atoms with E-state index in [1.54, 1.807) is 18.5 Å². The van der Waals surface area contributed by atoms with Gasteiger partial charge >= 0.3 is 0 Å². The van der Waals surface area contributed by atoms with Crippen molar-refractivity contribution in [1.29, 1.82) is 0 Å². The molecule has 1 saturated heterocycles. The second-order valence-electron chi connectivity index (χ2n) is 7.56. The van der Waals surface area contributed by atoms with Crippen LogP contribution in [0.1, 0.15) is 21.7 Å². The maximum absolute atomic E-state index is 12.9. The van der Waals surface area contributed by atoms with Crippen molar-refractivity contribution in [3.8, 4) is 0 Å². The lowest BCUT2D eigenvalue weighted by atomic mass is 10.1. The monoisotopic (exact) mass is 430 g/mol. The number of hydrazone groups is 1. The minimum absolute atomic E-state index is 0.306. The predicted octanol–water partition coefficient (Wildman–Crippen LogP) is 2.56. The van der Waals surface area contributed by atoms with E-state index in [0.717, 1.165) is 30.0 Å². The molecule has 3 heterocycles. The zero-order valence-electron chi connectivity index (χ0n) is 18.2. The van der Waals surface area contributed by atoms with Crippen molar-refractivity contribution in [3.05, 3.63) is 83.9 Å². The molecule has 1 fully saturated rings. The van der Waals surface area contributed by atoms with Gasteiger partial charge < -0.3 is 14.5 Å². The Balaban J connectivity index is 1.60. The summed E-state index contributed by atoms with van der Waals surface area (Å²) < 4.78 is 5.41. The molecular formula is C24H26N6O2. The summed E-state index contributed by atoms with van der Waals surface area (Å²) >= 11 is 0. The molecule has 1 N–H and O–H groups in total. The molecule has 1 aliphatic heterocycles. The number of amides is 1. The van der Waals surface area contributed by atoms with E-state index in [0.29, 0.717) is 30.3 Å². The molecule has 164 valence electrons. The van der Waals surface area contributed by atoms with Crippen molar-refractivity contribution in [2.75, 3.05) is 50.2 Å². The van der Waals surface area contributed by atoms with E-state index in [2.05, 4.69) is 25.4 Å². The van der Waals surface area contributed by atoms with Gasteiger partial charge in [0.05, 0.1) is 18.9 Å². The summed E-state index contributed by atoms with van der Waals surface area (Å²) in [5.41, 5.74) is 7.00. The van der Waals surface area contributed by atoms with Gasteiger partial charge in [-0.1, -0.05) is 30.3 Å². The van der Waals surface area contributed by atoms with Crippen LogP contribution < -0.4 is 15.2 Å². The van der Waals surface area contributed by atoms with Gasteiger partial charge in [0.15, 0.2) is 0 Å². The average Bonchev–Trinajstić information content (AvgIpc) is 2.85. The fourth-order valence-electron chi connectivity index (χ4n) is 3.42. The molecule has 1 aliphatic rings. The Morgan fingerprint density at radius 1 is 1.00 bits per heavy atom. The zero-order chi connectivity index (χ0) is 22.3. The molecule has 0 radical (unpaired) electrons. The van der Waals surface area contributed by atoms with Gasteiger partial charge in [-0.2, -0.15) is 5.10 Å². The lowest BCUT2D eigenvalue weighted by Crippen LogP contribution is -2.36. The highest BCUT2D eigenvalue weighted by molar-refractivity contribution is 6.12. The second kappa shape index (κ2) is 10.0. The largest absolute Gasteiger partial charge is 0.378 e. The maximum atomic E-state index is 12.9. The number of benzene rings is 1. The molecule has 3 aromatic rings. The summed E-state index contributed by atoms with van der Waals surface area (Å²) in [6.45, 7) is 2.92. The normalized spacial score (nSPS) is 14.2. The number of anilines is 2. The highest BCUT2D eigenvalue weighted by Gasteiger charge is 2.15. The van der Waals surface area contributed by atoms with Crippen LogP contribution in [0.4, 0.5) is 11.4 Å². The van der Waals surface area contributed by atoms with Crippen molar-refractivity contribution in [2.24, 2.45) is 5.10 Å². The number of morpholine rings is 1. The molecule has 0 spiro atoms. The van der Waals surface area contributed by atoms with Gasteiger partial charge in [-0.05, 0) is 24.3 Å². The molecule has 1 amide bonds. The number of hydrogen-bond acceptors (Lipinski definition) is 7. The third-order valence-electron chi connectivity index (χ3n) is 5.17. The number of carbonyl (C=O) groups excluding carboxylic acids is 1. The summed E-state index contributed by atoms with van der Waals surface area (Å²) in [5, 5.41) is 4.45. The van der Waals surface area contributed by atoms with Crippen molar-refractivity contribution in [2.45, 2.75) is 0 Å². The fraction of sp³-hybridized carbons (Fsp3) is 0.250. The highest BCUT2D eigenvalue weighted by Crippen LogP contribution is 2.17. The summed E-state index contributed by atoms with van der Waals surface area (Å²) in [4.78, 5) is 25.8. The molecule has 0 unspecified atom stereocenters. The van der Waals surface area contributed by atoms with Gasteiger partial charge in [0.1, 0.15) is 11.4 Å². The minimum atomic E-state index is -0.377. The van der Waals surface area contributed by atoms with Crippen LogP contribution in [0.15, 0.2) is 72.1 Å². The number of rotatable bonds is 6. The third kappa shape index (κ3) is 5.09. The predicted molar refractivity (Wildman–Crippen MR) is 125 cm³/mol. The zero-order valence-corrected chi connectivity index (χ0v) is 18.2. The number of nitrogens with zero attached hydrogens (tertiary/aromatic N) is 5. The molecule has 32 heavy (non-hydrogen) atoms. The van der Waals surface area contributed by atoms with Crippen LogP contribution in [-0.2, 0) is 4.74 Å². The average molecular weight is 431 g/mol. The Bertz CT molecular complexity index is 1090. The van der Waals surface area contributed by atoms with Crippen molar-refractivity contribution in [3.63, 3.8) is 0 Å². The van der Waals surface area contributed by atoms with Gasteiger partial charge in [-0.25, -0.2) is 5.43 Å². The number of ether oxygens (including phenoxy) is 1. The van der Waals surface area contributed by atoms with Gasteiger partial charge in [0, 0.05) is 56.5 Å². The number of aromatic nitrogens is 2. The summed E-state index contributed by atoms with van der Waals surface area (Å²) in [7, 11) is 3.93. The van der Waals surface area contributed by atoms with Crippen LogP contribution in [0.2, 0.25) is 0 Å². The van der Waals surface area contributed by atoms with Crippen molar-refractivity contribution < 1.29 is 9.53 Å². The highest BCUT2D eigenvalue weighted by atomic mass is 16.5. The van der Waals surface area contributed by atoms with Gasteiger partial charge in [-0.3, -0.25) is 14.8 Å². The molecule has 0 aliphatic carbocycles. The molecule has 4 rings (SSSR count). The minimum Gasteiger partial charge on any atom is -0.378 e. The Kier molecular flexibility index (Phi) is 6.72. The summed E-state index contributed by atoms with van der Waals surface area (Å²) in [6.07, 6.45) is 3.38. The first-order valence-electron chi connectivity index (χ1n) is 10.5. The Morgan fingerprint density at radius 2 is 1.72 bits per heavy atom. The first-order valence-corrected chi connectivity index (χ1v) is 10.5. The molecule has 0 bridgehead atoms. The number of carbonyl (C=O) groups is 1. The van der Waals surface area contributed by atoms with E-state index < -0.39 is 0 Å². The lowest BCUT2D eigenvalue weighted by Gasteiger charge is -2.28. The van der Waals surface area contributed by atoms with Crippen LogP contribution in [0.3, 0.4) is 0 Å². The van der Waals surface area contributed by atoms with E-state index in [9.17, 15) is 4.79 Å². The van der Waals surface area contributed by atoms with Crippen LogP contribution in [-0.4, -0.2) is 62.0 Å². The lowest BCUT2D eigenvalue weighted by molar-refractivity contribution is 0.0950. The van der Waals surface area contributed by atoms with Gasteiger partial charge in [0.2, 0.25) is 0 Å². The van der Waals surface area contributed by atoms with Crippen molar-refractivity contribution in [1.82, 2.24) is 15.4 Å². The maximum Gasteiger partial charge on any atom is 0.290 e. The van der Waals surface area contributed by atoms with Crippen LogP contribution in [0.5, 0.6) is 0 Å². The molecule has 1 aromatic carbocycles. The molecular weight excluding hydrogens is 404 g/mol. The van der Waals surface area contributed by atoms with Gasteiger partial charge in [-0.15, -0.1) is 0 Å². The molecule has 8 nitrogen and oxygen atoms in total. The Labute approximate surface area is 187 Å². The van der Waals surface area contributed by atoms with Crippen LogP contribution in [0.25, 0.3) is 0 Å². The summed E-state index contributed by atoms with van der Waals surface area (Å²) in [6, 6.07) is 17.2. The molecule has 2 aromatic heterocycles. The smallest absolute Gasteiger partial charge is 0.290 e. The standard InChI is InChI=1S/C24H26N6O2/c1-29(2)19-8-10-25-21(16-19)23(18-6-4-3-5-7-18)27-28-24(31)22-17-20(9-11-26-22)30-12-14-32-15-13-30/h3-11,16-17H,12-15H2,1-2H3,(H,28,31)/b27-23-. The van der Waals surface area contributed by atoms with E-state index in [1.807, 2.05) is 67.5 Å². The number of pyridine rings is 2. The van der Waals surface area contributed by atoms with Crippen molar-refractivity contribution >= 4 is 23.0 Å². The first kappa shape index (κ1) is 21.5. The second-order valence-corrected chi connectivity index (χ2v) is 7.56. The number of hydrogen-bond donors (Lipinski definition) is 1. The van der Waals surface area contributed by atoms with Crippen LogP contribution in [0, 0.1) is 0 Å². The quantitative estimate of drug-likeness (QED) is 0.478. The molecule has 0 atom stereocenters. The topological polar surface area (TPSA) is 83.0 Å². The van der Waals surface area contributed by atoms with E-state index in [1.165, 1.54) is 0 Å². The Morgan fingerprint density at radius 3 is 2.47 bits per heavy atom. The summed E-state index contributed by atoms with van der Waals surface area (Å²) in [5.74, 6) is -0.377. The van der Waals surface area contributed by atoms with E-state index in [4.69, 9.17) is 4.74 Å². The fourth-order valence-corrected chi connectivity index (χ4v) is 3.42. The van der Waals surface area contributed by atoms with Gasteiger partial charge in [0.25, 0.3) is 5.91 Å². The van der Waals surface area contributed by atoms with E-state index >= 15 is 0 Å². The third-order valence-corrected chi connectivity index (χ3v) is 5.17. The van der Waals surface area contributed by atoms with E-state index in [-0.39, 0.29) is 5.91 Å². The number of nitrogens with one attached hydrogen (secondary N) is 1. The molecule has 8 heteroatoms. The SMILES string of the molecule is CN(C)c1ccnc(/C(=N\NC(=O)c2cc(N3CCOCC3)ccn2)c2ccccc2)c1. The Hall–Kier alpha value is -3.78. The molecule has 0 saturated carbocycles. The van der Waals surface area contributed by atoms with Crippen LogP contribution >= 0.6 is 0 Å².